The molecule has 0 aliphatic rings. The molecule has 2 rings (SSSR count). The van der Waals surface area contributed by atoms with Crippen LogP contribution in [0.25, 0.3) is 0 Å². The molecule has 2 aromatic rings. The Kier molecular flexibility index (Phi) is 31.6. The van der Waals surface area contributed by atoms with Crippen LogP contribution in [0.4, 0.5) is 0 Å². The molecule has 0 aliphatic carbocycles. The van der Waals surface area contributed by atoms with Gasteiger partial charge in [0.25, 0.3) is 0 Å². The molecule has 6 heteroatoms. The summed E-state index contributed by atoms with van der Waals surface area (Å²) >= 11 is 4.24. The van der Waals surface area contributed by atoms with Gasteiger partial charge >= 0.3 is 0 Å². The van der Waals surface area contributed by atoms with Crippen molar-refractivity contribution in [3.63, 3.8) is 0 Å². The maximum Gasteiger partial charge on any atom is 0.118 e. The Morgan fingerprint density at radius 3 is 1.12 bits per heavy atom. The van der Waals surface area contributed by atoms with Gasteiger partial charge in [-0.2, -0.15) is 0 Å². The summed E-state index contributed by atoms with van der Waals surface area (Å²) in [5.74, 6) is 1.78. The molecule has 2 nitrogen and oxygen atoms in total. The molecule has 0 amide bonds. The molecule has 24 heavy (non-hydrogen) atoms. The Hall–Kier alpha value is 1.71. The van der Waals surface area contributed by atoms with Crippen LogP contribution >= 0.6 is 37.2 Å². The van der Waals surface area contributed by atoms with Gasteiger partial charge in [-0.05, 0) is 41.8 Å². The number of benzene rings is 2. The third-order valence-corrected chi connectivity index (χ3v) is 2.73. The van der Waals surface area contributed by atoms with Crippen LogP contribution in [-0.2, 0) is 71.8 Å². The van der Waals surface area contributed by atoms with Crippen LogP contribution in [0.15, 0.2) is 48.5 Å². The third kappa shape index (κ3) is 13.9. The molecule has 0 aliphatic heterocycles. The summed E-state index contributed by atoms with van der Waals surface area (Å²) < 4.78 is 10.3. The van der Waals surface area contributed by atoms with Crippen LogP contribution in [-0.4, -0.2) is 14.2 Å². The second-order valence-corrected chi connectivity index (χ2v) is 3.87. The summed E-state index contributed by atoms with van der Waals surface area (Å²) in [6, 6.07) is 16.3. The Morgan fingerprint density at radius 2 is 0.917 bits per heavy atom. The first-order valence-electron chi connectivity index (χ1n) is 6.72. The predicted octanol–water partition coefficient (Wildman–Crippen LogP) is 6.54. The van der Waals surface area contributed by atoms with Gasteiger partial charge in [-0.15, -0.1) is 0 Å². The Morgan fingerprint density at radius 1 is 0.667 bits per heavy atom. The molecule has 0 fully saturated rings. The molecular weight excluding hydrogens is 680 g/mol. The number of ether oxygens (including phenoxy) is 2. The fourth-order valence-electron chi connectivity index (χ4n) is 1.72. The Bertz CT molecular complexity index is 432. The molecular formula is C18H25I2O2Y2-. The molecule has 0 spiro atoms. The maximum atomic E-state index is 5.13. The first-order valence-corrected chi connectivity index (χ1v) is 13.0. The van der Waals surface area contributed by atoms with Crippen LogP contribution in [0.5, 0.6) is 11.5 Å². The SMILES string of the molecule is CC.COc1ccc(Cc2ccc(OC)cc2)cc1.II.[CH3-].[Y].[Y]. The fourth-order valence-corrected chi connectivity index (χ4v) is 1.72. The van der Waals surface area contributed by atoms with Gasteiger partial charge in [0, 0.05) is 103 Å². The maximum absolute atomic E-state index is 5.13. The fraction of sp³-hybridized carbons (Fsp3) is 0.278. The van der Waals surface area contributed by atoms with Crippen molar-refractivity contribution in [1.29, 1.82) is 0 Å². The average molecular weight is 705 g/mol. The van der Waals surface area contributed by atoms with Crippen molar-refractivity contribution >= 4 is 37.2 Å². The molecule has 2 radical (unpaired) electrons. The number of methoxy groups -OCH3 is 2. The summed E-state index contributed by atoms with van der Waals surface area (Å²) in [6.45, 7) is 4.00. The molecule has 0 saturated carbocycles. The molecule has 0 atom stereocenters. The second-order valence-electron chi connectivity index (χ2n) is 3.87. The van der Waals surface area contributed by atoms with E-state index < -0.39 is 0 Å². The molecule has 0 aromatic heterocycles. The number of hydrogen-bond acceptors (Lipinski definition) is 2. The van der Waals surface area contributed by atoms with Gasteiger partial charge in [-0.1, -0.05) is 38.1 Å². The second kappa shape index (κ2) is 22.7. The van der Waals surface area contributed by atoms with E-state index in [-0.39, 0.29) is 72.8 Å². The van der Waals surface area contributed by atoms with Crippen molar-refractivity contribution in [2.45, 2.75) is 20.3 Å². The smallest absolute Gasteiger partial charge is 0.118 e. The van der Waals surface area contributed by atoms with Crippen LogP contribution in [0, 0.1) is 7.43 Å². The van der Waals surface area contributed by atoms with Crippen molar-refractivity contribution in [2.75, 3.05) is 14.2 Å². The van der Waals surface area contributed by atoms with E-state index in [1.807, 2.05) is 38.1 Å². The Balaban J connectivity index is -0.000000266. The number of hydrogen-bond donors (Lipinski definition) is 0. The van der Waals surface area contributed by atoms with Crippen molar-refractivity contribution in [1.82, 2.24) is 0 Å². The number of rotatable bonds is 4. The van der Waals surface area contributed by atoms with E-state index >= 15 is 0 Å². The molecule has 0 saturated heterocycles. The quantitative estimate of drug-likeness (QED) is 0.266. The van der Waals surface area contributed by atoms with Gasteiger partial charge in [-0.3, -0.25) is 0 Å². The number of halogens is 2. The van der Waals surface area contributed by atoms with E-state index in [4.69, 9.17) is 9.47 Å². The van der Waals surface area contributed by atoms with Gasteiger partial charge in [0.05, 0.1) is 14.2 Å². The molecule has 2 aromatic carbocycles. The zero-order valence-corrected chi connectivity index (χ0v) is 25.0. The molecule has 0 N–H and O–H groups in total. The van der Waals surface area contributed by atoms with Crippen molar-refractivity contribution < 1.29 is 74.9 Å². The van der Waals surface area contributed by atoms with Crippen LogP contribution in [0.2, 0.25) is 0 Å². The molecule has 0 heterocycles. The van der Waals surface area contributed by atoms with Gasteiger partial charge in [-0.25, -0.2) is 0 Å². The molecule has 0 unspecified atom stereocenters. The van der Waals surface area contributed by atoms with E-state index in [1.165, 1.54) is 11.1 Å². The largest absolute Gasteiger partial charge is 0.497 e. The van der Waals surface area contributed by atoms with Gasteiger partial charge in [0.2, 0.25) is 0 Å². The molecule has 130 valence electrons. The summed E-state index contributed by atoms with van der Waals surface area (Å²) in [4.78, 5) is 0. The minimum absolute atomic E-state index is 0. The minimum atomic E-state index is 0. The normalized spacial score (nSPS) is 7.58. The Labute approximate surface area is 221 Å². The summed E-state index contributed by atoms with van der Waals surface area (Å²) in [6.07, 6.45) is 0.925. The topological polar surface area (TPSA) is 18.5 Å². The van der Waals surface area contributed by atoms with Crippen LogP contribution < -0.4 is 9.47 Å². The van der Waals surface area contributed by atoms with E-state index in [9.17, 15) is 0 Å². The first kappa shape index (κ1) is 33.3. The standard InChI is InChI=1S/C15H16O2.C2H6.CH3.I2.2Y/c1-16-14-7-3-12(4-8-14)11-13-5-9-15(17-2)10-6-13;1-2;;1-2;;/h3-10H,11H2,1-2H3;1-2H3;1H3;;;/q;;-1;;;. The van der Waals surface area contributed by atoms with Crippen molar-refractivity contribution in [3.8, 4) is 11.5 Å². The summed E-state index contributed by atoms with van der Waals surface area (Å²) in [7, 11) is 3.36. The summed E-state index contributed by atoms with van der Waals surface area (Å²) in [5, 5.41) is 0. The van der Waals surface area contributed by atoms with E-state index in [1.54, 1.807) is 14.2 Å². The van der Waals surface area contributed by atoms with Crippen LogP contribution in [0.1, 0.15) is 25.0 Å². The zero-order chi connectivity index (χ0) is 16.1. The van der Waals surface area contributed by atoms with Crippen molar-refractivity contribution in [2.24, 2.45) is 0 Å². The minimum Gasteiger partial charge on any atom is -0.497 e. The van der Waals surface area contributed by atoms with Gasteiger partial charge in [0.15, 0.2) is 0 Å². The van der Waals surface area contributed by atoms with E-state index in [0.717, 1.165) is 17.9 Å². The zero-order valence-electron chi connectivity index (χ0n) is 15.1. The van der Waals surface area contributed by atoms with Gasteiger partial charge in [0.1, 0.15) is 11.5 Å². The predicted molar refractivity (Wildman–Crippen MR) is 115 cm³/mol. The van der Waals surface area contributed by atoms with Crippen molar-refractivity contribution in [3.05, 3.63) is 67.1 Å². The summed E-state index contributed by atoms with van der Waals surface area (Å²) in [5.41, 5.74) is 2.55. The van der Waals surface area contributed by atoms with E-state index in [2.05, 4.69) is 61.5 Å². The monoisotopic (exact) mass is 705 g/mol. The average Bonchev–Trinajstić information content (AvgIpc) is 2.60. The van der Waals surface area contributed by atoms with Gasteiger partial charge < -0.3 is 16.9 Å². The molecule has 0 bridgehead atoms. The van der Waals surface area contributed by atoms with Crippen LogP contribution in [0.3, 0.4) is 0 Å². The first-order chi connectivity index (χ1) is 10.3. The van der Waals surface area contributed by atoms with E-state index in [0.29, 0.717) is 0 Å². The third-order valence-electron chi connectivity index (χ3n) is 2.73.